The highest BCUT2D eigenvalue weighted by molar-refractivity contribution is 5.69. The first-order chi connectivity index (χ1) is 7.17. The molecule has 0 amide bonds. The van der Waals surface area contributed by atoms with Gasteiger partial charge in [0, 0.05) is 12.3 Å². The minimum Gasteiger partial charge on any atom is -0.465 e. The van der Waals surface area contributed by atoms with Crippen molar-refractivity contribution in [3.05, 3.63) is 33.6 Å². The Morgan fingerprint density at radius 3 is 2.87 bits per heavy atom. The zero-order valence-electron chi connectivity index (χ0n) is 8.17. The average Bonchev–Trinajstić information content (AvgIpc) is 2.21. The van der Waals surface area contributed by atoms with Crippen molar-refractivity contribution in [3.8, 4) is 0 Å². The van der Waals surface area contributed by atoms with Crippen molar-refractivity contribution in [1.29, 1.82) is 0 Å². The maximum absolute atomic E-state index is 11.2. The number of hydrogen-bond donors (Lipinski definition) is 0. The molecule has 0 saturated heterocycles. The van der Waals surface area contributed by atoms with Crippen molar-refractivity contribution in [2.75, 3.05) is 6.61 Å². The van der Waals surface area contributed by atoms with Crippen molar-refractivity contribution in [3.63, 3.8) is 0 Å². The summed E-state index contributed by atoms with van der Waals surface area (Å²) in [6, 6.07) is 2.47. The lowest BCUT2D eigenvalue weighted by Gasteiger charge is -2.04. The van der Waals surface area contributed by atoms with Gasteiger partial charge in [0.25, 0.3) is 5.56 Å². The Morgan fingerprint density at radius 2 is 2.27 bits per heavy atom. The number of esters is 1. The minimum atomic E-state index is -0.525. The van der Waals surface area contributed by atoms with Gasteiger partial charge >= 0.3 is 5.97 Å². The van der Waals surface area contributed by atoms with Crippen LogP contribution in [-0.2, 0) is 16.1 Å². The van der Waals surface area contributed by atoms with Crippen LogP contribution >= 0.6 is 0 Å². The van der Waals surface area contributed by atoms with E-state index in [1.54, 1.807) is 6.92 Å². The van der Waals surface area contributed by atoms with Crippen molar-refractivity contribution in [1.82, 2.24) is 4.57 Å². The fourth-order valence-corrected chi connectivity index (χ4v) is 1.04. The molecule has 0 aromatic carbocycles. The molecule has 15 heavy (non-hydrogen) atoms. The van der Waals surface area contributed by atoms with Crippen LogP contribution in [0.15, 0.2) is 28.3 Å². The summed E-state index contributed by atoms with van der Waals surface area (Å²) in [5.74, 6) is -0.525. The summed E-state index contributed by atoms with van der Waals surface area (Å²) >= 11 is 0. The van der Waals surface area contributed by atoms with Gasteiger partial charge in [0.15, 0.2) is 0 Å². The number of rotatable bonds is 4. The monoisotopic (exact) mass is 210 g/mol. The molecule has 0 fully saturated rings. The third-order valence-corrected chi connectivity index (χ3v) is 1.68. The zero-order valence-corrected chi connectivity index (χ0v) is 8.17. The molecule has 0 unspecified atom stereocenters. The van der Waals surface area contributed by atoms with Crippen LogP contribution in [0.1, 0.15) is 6.92 Å². The number of nitrogens with zero attached hydrogens (tertiary/aromatic N) is 2. The predicted octanol–water partition coefficient (Wildman–Crippen LogP) is 0.809. The number of carbonyl (C=O) groups excluding carboxylic acids is 1. The van der Waals surface area contributed by atoms with E-state index in [0.29, 0.717) is 0 Å². The molecule has 0 aliphatic carbocycles. The first kappa shape index (κ1) is 11.1. The number of pyridine rings is 1. The lowest BCUT2D eigenvalue weighted by Crippen LogP contribution is -2.23. The highest BCUT2D eigenvalue weighted by Crippen LogP contribution is 2.06. The van der Waals surface area contributed by atoms with Gasteiger partial charge in [-0.15, -0.1) is 4.91 Å². The molecule has 0 saturated carbocycles. The molecule has 0 atom stereocenters. The van der Waals surface area contributed by atoms with E-state index >= 15 is 0 Å². The normalized spacial score (nSPS) is 9.67. The lowest BCUT2D eigenvalue weighted by atomic mass is 10.4. The molecule has 1 rings (SSSR count). The second-order valence-corrected chi connectivity index (χ2v) is 2.75. The van der Waals surface area contributed by atoms with Gasteiger partial charge < -0.3 is 9.30 Å². The van der Waals surface area contributed by atoms with Crippen LogP contribution in [0.5, 0.6) is 0 Å². The Morgan fingerprint density at radius 1 is 1.53 bits per heavy atom. The van der Waals surface area contributed by atoms with Gasteiger partial charge in [-0.1, -0.05) is 0 Å². The van der Waals surface area contributed by atoms with E-state index < -0.39 is 5.97 Å². The quantitative estimate of drug-likeness (QED) is 0.544. The molecular weight excluding hydrogens is 200 g/mol. The van der Waals surface area contributed by atoms with Crippen LogP contribution in [0, 0.1) is 4.91 Å². The van der Waals surface area contributed by atoms with Crippen molar-refractivity contribution < 1.29 is 9.53 Å². The van der Waals surface area contributed by atoms with Gasteiger partial charge in [0.05, 0.1) is 6.61 Å². The standard InChI is InChI=1S/C9H10N2O4/c1-2-15-9(13)6-11-5-7(10-14)3-4-8(11)12/h3-5H,2,6H2,1H3. The zero-order chi connectivity index (χ0) is 11.3. The summed E-state index contributed by atoms with van der Waals surface area (Å²) in [7, 11) is 0. The topological polar surface area (TPSA) is 77.7 Å². The molecule has 0 aliphatic rings. The van der Waals surface area contributed by atoms with E-state index in [1.807, 2.05) is 0 Å². The van der Waals surface area contributed by atoms with Crippen LogP contribution in [0.3, 0.4) is 0 Å². The summed E-state index contributed by atoms with van der Waals surface area (Å²) in [6.45, 7) is 1.71. The molecule has 0 N–H and O–H groups in total. The summed E-state index contributed by atoms with van der Waals surface area (Å²) in [6.07, 6.45) is 1.21. The molecule has 0 radical (unpaired) electrons. The maximum atomic E-state index is 11.2. The fourth-order valence-electron chi connectivity index (χ4n) is 1.04. The van der Waals surface area contributed by atoms with Crippen LogP contribution in [0.2, 0.25) is 0 Å². The number of aromatic nitrogens is 1. The van der Waals surface area contributed by atoms with E-state index in [-0.39, 0.29) is 24.4 Å². The average molecular weight is 210 g/mol. The van der Waals surface area contributed by atoms with Gasteiger partial charge in [0.2, 0.25) is 0 Å². The van der Waals surface area contributed by atoms with Crippen LogP contribution in [0.4, 0.5) is 5.69 Å². The summed E-state index contributed by atoms with van der Waals surface area (Å²) in [5, 5.41) is 2.66. The molecule has 0 aliphatic heterocycles. The number of nitroso groups, excluding NO2 is 1. The van der Waals surface area contributed by atoms with E-state index in [9.17, 15) is 14.5 Å². The summed E-state index contributed by atoms with van der Waals surface area (Å²) in [5.41, 5.74) is -0.283. The molecule has 6 heteroatoms. The molecule has 1 aromatic rings. The Labute approximate surface area is 85.5 Å². The van der Waals surface area contributed by atoms with Gasteiger partial charge in [0.1, 0.15) is 12.2 Å². The number of ether oxygens (including phenoxy) is 1. The van der Waals surface area contributed by atoms with Crippen molar-refractivity contribution in [2.24, 2.45) is 5.18 Å². The van der Waals surface area contributed by atoms with Gasteiger partial charge in [-0.3, -0.25) is 9.59 Å². The number of carbonyl (C=O) groups is 1. The Bertz CT molecular complexity index is 424. The Kier molecular flexibility index (Phi) is 3.73. The predicted molar refractivity (Wildman–Crippen MR) is 52.8 cm³/mol. The molecule has 80 valence electrons. The highest BCUT2D eigenvalue weighted by atomic mass is 16.5. The van der Waals surface area contributed by atoms with E-state index in [4.69, 9.17) is 0 Å². The molecule has 0 spiro atoms. The second-order valence-electron chi connectivity index (χ2n) is 2.75. The maximum Gasteiger partial charge on any atom is 0.326 e. The van der Waals surface area contributed by atoms with Crippen LogP contribution in [0.25, 0.3) is 0 Å². The smallest absolute Gasteiger partial charge is 0.326 e. The Balaban J connectivity index is 2.88. The van der Waals surface area contributed by atoms with Gasteiger partial charge in [-0.25, -0.2) is 0 Å². The lowest BCUT2D eigenvalue weighted by molar-refractivity contribution is -0.143. The number of hydrogen-bond acceptors (Lipinski definition) is 5. The Hall–Kier alpha value is -1.98. The summed E-state index contributed by atoms with van der Waals surface area (Å²) < 4.78 is 5.75. The van der Waals surface area contributed by atoms with E-state index in [1.165, 1.54) is 18.3 Å². The highest BCUT2D eigenvalue weighted by Gasteiger charge is 2.05. The third-order valence-electron chi connectivity index (χ3n) is 1.68. The minimum absolute atomic E-state index is 0.0962. The van der Waals surface area contributed by atoms with Gasteiger partial charge in [-0.2, -0.15) is 0 Å². The van der Waals surface area contributed by atoms with E-state index in [0.717, 1.165) is 4.57 Å². The molecule has 1 heterocycles. The van der Waals surface area contributed by atoms with E-state index in [2.05, 4.69) is 9.91 Å². The second kappa shape index (κ2) is 5.04. The third kappa shape index (κ3) is 3.01. The summed E-state index contributed by atoms with van der Waals surface area (Å²) in [4.78, 5) is 32.5. The van der Waals surface area contributed by atoms with Crippen LogP contribution < -0.4 is 5.56 Å². The molecule has 1 aromatic heterocycles. The first-order valence-electron chi connectivity index (χ1n) is 4.37. The van der Waals surface area contributed by atoms with Crippen LogP contribution in [-0.4, -0.2) is 17.1 Å². The van der Waals surface area contributed by atoms with Crippen molar-refractivity contribution in [2.45, 2.75) is 13.5 Å². The largest absolute Gasteiger partial charge is 0.465 e. The molecular formula is C9H10N2O4. The SMILES string of the molecule is CCOC(=O)Cn1cc(N=O)ccc1=O. The molecule has 6 nitrogen and oxygen atoms in total. The van der Waals surface area contributed by atoms with Gasteiger partial charge in [-0.05, 0) is 18.2 Å². The molecule has 0 bridgehead atoms. The fraction of sp³-hybridized carbons (Fsp3) is 0.333. The first-order valence-corrected chi connectivity index (χ1v) is 4.37. The van der Waals surface area contributed by atoms with Crippen molar-refractivity contribution >= 4 is 11.7 Å².